The molecule has 0 saturated heterocycles. The first-order valence-corrected chi connectivity index (χ1v) is 8.81. The molecule has 0 aliphatic heterocycles. The van der Waals surface area contributed by atoms with E-state index < -0.39 is 22.0 Å². The van der Waals surface area contributed by atoms with E-state index in [0.717, 1.165) is 5.56 Å². The molecule has 0 aromatic heterocycles. The molecule has 1 atom stereocenters. The molecular weight excluding hydrogens is 336 g/mol. The van der Waals surface area contributed by atoms with Gasteiger partial charge in [0.2, 0.25) is 15.9 Å². The van der Waals surface area contributed by atoms with Gasteiger partial charge in [-0.2, -0.15) is 4.72 Å². The summed E-state index contributed by atoms with van der Waals surface area (Å²) in [4.78, 5) is 12.3. The molecule has 2 aromatic rings. The average molecular weight is 353 g/mol. The van der Waals surface area contributed by atoms with Crippen molar-refractivity contribution in [2.75, 3.05) is 5.32 Å². The highest BCUT2D eigenvalue weighted by Crippen LogP contribution is 2.23. The summed E-state index contributed by atoms with van der Waals surface area (Å²) in [5, 5.41) is 3.20. The Balaban J connectivity index is 2.10. The Labute approximate surface area is 140 Å². The summed E-state index contributed by atoms with van der Waals surface area (Å²) in [6.07, 6.45) is 0. The summed E-state index contributed by atoms with van der Waals surface area (Å²) in [6, 6.07) is 12.1. The summed E-state index contributed by atoms with van der Waals surface area (Å²) in [5.41, 5.74) is 1.27. The summed E-state index contributed by atoms with van der Waals surface area (Å²) in [6.45, 7) is 3.26. The van der Waals surface area contributed by atoms with Crippen LogP contribution in [0.2, 0.25) is 5.02 Å². The maximum Gasteiger partial charge on any atom is 0.242 e. The molecule has 2 N–H and O–H groups in total. The number of amides is 1. The van der Waals surface area contributed by atoms with Crippen molar-refractivity contribution >= 4 is 33.2 Å². The molecule has 0 aliphatic carbocycles. The van der Waals surface area contributed by atoms with Crippen LogP contribution < -0.4 is 10.0 Å². The van der Waals surface area contributed by atoms with E-state index in [0.29, 0.717) is 10.7 Å². The van der Waals surface area contributed by atoms with Gasteiger partial charge in [0.1, 0.15) is 0 Å². The first kappa shape index (κ1) is 17.5. The Bertz CT molecular complexity index is 807. The molecule has 0 bridgehead atoms. The average Bonchev–Trinajstić information content (AvgIpc) is 2.52. The molecule has 1 amide bonds. The Kier molecular flexibility index (Phi) is 5.41. The standard InChI is InChI=1S/C16H17ClN2O3S/c1-11-14(17)9-6-10-15(11)18-16(20)12(2)19-23(21,22)13-7-4-3-5-8-13/h3-10,12,19H,1-2H3,(H,18,20). The van der Waals surface area contributed by atoms with Gasteiger partial charge in [-0.15, -0.1) is 0 Å². The zero-order chi connectivity index (χ0) is 17.0. The number of hydrogen-bond acceptors (Lipinski definition) is 3. The Morgan fingerprint density at radius 2 is 1.74 bits per heavy atom. The van der Waals surface area contributed by atoms with Gasteiger partial charge < -0.3 is 5.32 Å². The monoisotopic (exact) mass is 352 g/mol. The summed E-state index contributed by atoms with van der Waals surface area (Å²) < 4.78 is 26.8. The molecule has 1 unspecified atom stereocenters. The van der Waals surface area contributed by atoms with Gasteiger partial charge in [0.05, 0.1) is 10.9 Å². The van der Waals surface area contributed by atoms with Crippen molar-refractivity contribution < 1.29 is 13.2 Å². The number of benzene rings is 2. The molecule has 0 radical (unpaired) electrons. The second-order valence-electron chi connectivity index (χ2n) is 5.06. The second-order valence-corrected chi connectivity index (χ2v) is 7.18. The first-order valence-electron chi connectivity index (χ1n) is 6.94. The predicted molar refractivity (Wildman–Crippen MR) is 91.0 cm³/mol. The molecule has 0 spiro atoms. The predicted octanol–water partition coefficient (Wildman–Crippen LogP) is 2.95. The third-order valence-electron chi connectivity index (χ3n) is 3.30. The number of carbonyl (C=O) groups excluding carboxylic acids is 1. The van der Waals surface area contributed by atoms with Gasteiger partial charge in [-0.1, -0.05) is 35.9 Å². The molecular formula is C16H17ClN2O3S. The number of sulfonamides is 1. The normalized spacial score (nSPS) is 12.7. The summed E-state index contributed by atoms with van der Waals surface area (Å²) >= 11 is 6.00. The number of rotatable bonds is 5. The van der Waals surface area contributed by atoms with Crippen molar-refractivity contribution in [3.8, 4) is 0 Å². The lowest BCUT2D eigenvalue weighted by molar-refractivity contribution is -0.117. The first-order chi connectivity index (χ1) is 10.8. The lowest BCUT2D eigenvalue weighted by Crippen LogP contribution is -2.41. The van der Waals surface area contributed by atoms with Crippen LogP contribution in [0.4, 0.5) is 5.69 Å². The number of anilines is 1. The third-order valence-corrected chi connectivity index (χ3v) is 5.27. The molecule has 5 nitrogen and oxygen atoms in total. The lowest BCUT2D eigenvalue weighted by Gasteiger charge is -2.16. The zero-order valence-corrected chi connectivity index (χ0v) is 14.3. The van der Waals surface area contributed by atoms with Crippen LogP contribution in [-0.2, 0) is 14.8 Å². The van der Waals surface area contributed by atoms with Gasteiger partial charge >= 0.3 is 0 Å². The maximum absolute atomic E-state index is 12.2. The highest BCUT2D eigenvalue weighted by atomic mass is 35.5. The number of nitrogens with one attached hydrogen (secondary N) is 2. The van der Waals surface area contributed by atoms with Crippen LogP contribution in [0.15, 0.2) is 53.4 Å². The summed E-state index contributed by atoms with van der Waals surface area (Å²) in [5.74, 6) is -0.463. The lowest BCUT2D eigenvalue weighted by atomic mass is 10.2. The van der Waals surface area contributed by atoms with Crippen molar-refractivity contribution in [1.29, 1.82) is 0 Å². The highest BCUT2D eigenvalue weighted by Gasteiger charge is 2.22. The van der Waals surface area contributed by atoms with Gasteiger partial charge in [0, 0.05) is 10.7 Å². The van der Waals surface area contributed by atoms with E-state index in [9.17, 15) is 13.2 Å². The van der Waals surface area contributed by atoms with Crippen molar-refractivity contribution in [3.63, 3.8) is 0 Å². The molecule has 0 saturated carbocycles. The molecule has 122 valence electrons. The number of hydrogen-bond donors (Lipinski definition) is 2. The van der Waals surface area contributed by atoms with Crippen LogP contribution in [0.3, 0.4) is 0 Å². The highest BCUT2D eigenvalue weighted by molar-refractivity contribution is 7.89. The zero-order valence-electron chi connectivity index (χ0n) is 12.7. The van der Waals surface area contributed by atoms with Crippen LogP contribution in [0.5, 0.6) is 0 Å². The maximum atomic E-state index is 12.2. The van der Waals surface area contributed by atoms with Crippen LogP contribution >= 0.6 is 11.6 Å². The van der Waals surface area contributed by atoms with E-state index >= 15 is 0 Å². The van der Waals surface area contributed by atoms with Crippen molar-refractivity contribution in [2.45, 2.75) is 24.8 Å². The largest absolute Gasteiger partial charge is 0.324 e. The minimum absolute atomic E-state index is 0.110. The Morgan fingerprint density at radius 3 is 2.39 bits per heavy atom. The Morgan fingerprint density at radius 1 is 1.09 bits per heavy atom. The molecule has 7 heteroatoms. The topological polar surface area (TPSA) is 75.3 Å². The quantitative estimate of drug-likeness (QED) is 0.868. The van der Waals surface area contributed by atoms with Crippen LogP contribution in [0, 0.1) is 6.92 Å². The van der Waals surface area contributed by atoms with E-state index in [-0.39, 0.29) is 4.90 Å². The van der Waals surface area contributed by atoms with Gasteiger partial charge in [0.15, 0.2) is 0 Å². The van der Waals surface area contributed by atoms with E-state index in [2.05, 4.69) is 10.0 Å². The van der Waals surface area contributed by atoms with E-state index in [1.54, 1.807) is 43.3 Å². The molecule has 23 heavy (non-hydrogen) atoms. The van der Waals surface area contributed by atoms with Crippen LogP contribution in [0.25, 0.3) is 0 Å². The smallest absolute Gasteiger partial charge is 0.242 e. The molecule has 0 fully saturated rings. The minimum Gasteiger partial charge on any atom is -0.324 e. The molecule has 2 aromatic carbocycles. The van der Waals surface area contributed by atoms with E-state index in [4.69, 9.17) is 11.6 Å². The SMILES string of the molecule is Cc1c(Cl)cccc1NC(=O)C(C)NS(=O)(=O)c1ccccc1. The molecule has 2 rings (SSSR count). The number of carbonyl (C=O) groups is 1. The molecule has 0 heterocycles. The van der Waals surface area contributed by atoms with Crippen molar-refractivity contribution in [1.82, 2.24) is 4.72 Å². The molecule has 0 aliphatic rings. The van der Waals surface area contributed by atoms with Gasteiger partial charge in [-0.05, 0) is 43.7 Å². The van der Waals surface area contributed by atoms with Crippen molar-refractivity contribution in [3.05, 3.63) is 59.1 Å². The van der Waals surface area contributed by atoms with Gasteiger partial charge in [-0.3, -0.25) is 4.79 Å². The van der Waals surface area contributed by atoms with Crippen molar-refractivity contribution in [2.24, 2.45) is 0 Å². The minimum atomic E-state index is -3.75. The fourth-order valence-corrected chi connectivity index (χ4v) is 3.34. The Hall–Kier alpha value is -1.89. The number of halogens is 1. The second kappa shape index (κ2) is 7.12. The fraction of sp³-hybridized carbons (Fsp3) is 0.188. The third kappa shape index (κ3) is 4.31. The van der Waals surface area contributed by atoms with Gasteiger partial charge in [-0.25, -0.2) is 8.42 Å². The van der Waals surface area contributed by atoms with E-state index in [1.807, 2.05) is 0 Å². The summed E-state index contributed by atoms with van der Waals surface area (Å²) in [7, 11) is -3.75. The van der Waals surface area contributed by atoms with Gasteiger partial charge in [0.25, 0.3) is 0 Å². The van der Waals surface area contributed by atoms with E-state index in [1.165, 1.54) is 19.1 Å². The van der Waals surface area contributed by atoms with Crippen LogP contribution in [-0.4, -0.2) is 20.4 Å². The fourth-order valence-electron chi connectivity index (χ4n) is 1.94. The van der Waals surface area contributed by atoms with Crippen LogP contribution in [0.1, 0.15) is 12.5 Å².